The van der Waals surface area contributed by atoms with Crippen molar-refractivity contribution in [3.05, 3.63) is 47.5 Å². The van der Waals surface area contributed by atoms with Gasteiger partial charge in [0.2, 0.25) is 23.6 Å². The molecule has 14 heteroatoms. The molecule has 0 bridgehead atoms. The number of imide groups is 2. The molecule has 0 aromatic heterocycles. The Morgan fingerprint density at radius 2 is 1.03 bits per heavy atom. The standard InChI is InChI=1S/C24H28N6O8/c1-13(31)27-15-7-9-19(33)17(11-15)23(37)29(25)21(35)5-3-4-6-22(36)30(26)24(38)18-12-16(28-14(2)32)8-10-20(18)34/h7-12,33-34H,3-6,25-26H2,1-2H3,(H,27,31)(H,28,32). The summed E-state index contributed by atoms with van der Waals surface area (Å²) in [6.07, 6.45) is -0.261. The van der Waals surface area contributed by atoms with E-state index in [1.165, 1.54) is 38.1 Å². The van der Waals surface area contributed by atoms with E-state index < -0.39 is 46.9 Å². The first-order valence-electron chi connectivity index (χ1n) is 11.3. The van der Waals surface area contributed by atoms with Crippen LogP contribution in [0.25, 0.3) is 0 Å². The Bertz CT molecular complexity index is 1180. The zero-order chi connectivity index (χ0) is 28.6. The van der Waals surface area contributed by atoms with Crippen molar-refractivity contribution < 1.29 is 39.0 Å². The number of hydrazine groups is 2. The Morgan fingerprint density at radius 1 is 0.684 bits per heavy atom. The lowest BCUT2D eigenvalue weighted by molar-refractivity contribution is -0.131. The molecule has 0 fully saturated rings. The maximum Gasteiger partial charge on any atom is 0.278 e. The maximum atomic E-state index is 12.5. The number of nitrogens with one attached hydrogen (secondary N) is 2. The maximum absolute atomic E-state index is 12.5. The summed E-state index contributed by atoms with van der Waals surface area (Å²) in [4.78, 5) is 72.2. The molecule has 0 heterocycles. The Morgan fingerprint density at radius 3 is 1.34 bits per heavy atom. The second kappa shape index (κ2) is 12.9. The molecule has 38 heavy (non-hydrogen) atoms. The molecule has 0 unspecified atom stereocenters. The summed E-state index contributed by atoms with van der Waals surface area (Å²) in [6.45, 7) is 2.51. The predicted octanol–water partition coefficient (Wildman–Crippen LogP) is 0.960. The van der Waals surface area contributed by atoms with E-state index >= 15 is 0 Å². The topological polar surface area (TPSA) is 225 Å². The van der Waals surface area contributed by atoms with Crippen molar-refractivity contribution >= 4 is 46.8 Å². The number of carbonyl (C=O) groups excluding carboxylic acids is 6. The smallest absolute Gasteiger partial charge is 0.278 e. The lowest BCUT2D eigenvalue weighted by atomic mass is 10.1. The number of aromatic hydroxyl groups is 2. The van der Waals surface area contributed by atoms with Crippen molar-refractivity contribution in [2.45, 2.75) is 39.5 Å². The summed E-state index contributed by atoms with van der Waals surface area (Å²) in [7, 11) is 0. The van der Waals surface area contributed by atoms with E-state index in [1.807, 2.05) is 0 Å². The van der Waals surface area contributed by atoms with Gasteiger partial charge in [0.15, 0.2) is 0 Å². The zero-order valence-corrected chi connectivity index (χ0v) is 20.7. The van der Waals surface area contributed by atoms with Crippen molar-refractivity contribution in [2.75, 3.05) is 10.6 Å². The van der Waals surface area contributed by atoms with Crippen LogP contribution in [-0.4, -0.2) is 55.7 Å². The molecule has 202 valence electrons. The van der Waals surface area contributed by atoms with E-state index in [9.17, 15) is 39.0 Å². The van der Waals surface area contributed by atoms with Crippen LogP contribution in [0.15, 0.2) is 36.4 Å². The van der Waals surface area contributed by atoms with Gasteiger partial charge in [0.25, 0.3) is 11.8 Å². The van der Waals surface area contributed by atoms with E-state index in [2.05, 4.69) is 10.6 Å². The highest BCUT2D eigenvalue weighted by molar-refractivity contribution is 6.07. The lowest BCUT2D eigenvalue weighted by Crippen LogP contribution is -2.43. The number of benzene rings is 2. The number of unbranched alkanes of at least 4 members (excludes halogenated alkanes) is 1. The molecular weight excluding hydrogens is 500 g/mol. The first kappa shape index (κ1) is 29.4. The normalized spacial score (nSPS) is 10.3. The number of rotatable bonds is 9. The van der Waals surface area contributed by atoms with Crippen molar-refractivity contribution in [2.24, 2.45) is 11.7 Å². The van der Waals surface area contributed by atoms with E-state index in [0.717, 1.165) is 12.1 Å². The summed E-state index contributed by atoms with van der Waals surface area (Å²) in [6, 6.07) is 7.39. The highest BCUT2D eigenvalue weighted by Crippen LogP contribution is 2.24. The number of nitrogens with zero attached hydrogens (tertiary/aromatic N) is 2. The second-order valence-electron chi connectivity index (χ2n) is 8.17. The highest BCUT2D eigenvalue weighted by Gasteiger charge is 2.24. The van der Waals surface area contributed by atoms with Crippen molar-refractivity contribution in [1.29, 1.82) is 0 Å². The summed E-state index contributed by atoms with van der Waals surface area (Å²) in [5.41, 5.74) is -0.168. The van der Waals surface area contributed by atoms with Gasteiger partial charge in [-0.3, -0.25) is 28.8 Å². The van der Waals surface area contributed by atoms with E-state index in [-0.39, 0.29) is 48.2 Å². The minimum absolute atomic E-state index is 0.106. The van der Waals surface area contributed by atoms with E-state index in [1.54, 1.807) is 0 Å². The summed E-state index contributed by atoms with van der Waals surface area (Å²) in [5.74, 6) is 5.91. The fourth-order valence-corrected chi connectivity index (χ4v) is 3.26. The van der Waals surface area contributed by atoms with Gasteiger partial charge in [-0.05, 0) is 49.2 Å². The Balaban J connectivity index is 1.91. The number of nitrogens with two attached hydrogens (primary N) is 2. The average Bonchev–Trinajstić information content (AvgIpc) is 2.86. The predicted molar refractivity (Wildman–Crippen MR) is 134 cm³/mol. The Labute approximate surface area is 217 Å². The van der Waals surface area contributed by atoms with Crippen molar-refractivity contribution in [3.8, 4) is 11.5 Å². The quantitative estimate of drug-likeness (QED) is 0.0888. The average molecular weight is 529 g/mol. The van der Waals surface area contributed by atoms with Crippen LogP contribution in [0.1, 0.15) is 60.2 Å². The van der Waals surface area contributed by atoms with Gasteiger partial charge < -0.3 is 20.8 Å². The molecule has 8 N–H and O–H groups in total. The van der Waals surface area contributed by atoms with Gasteiger partial charge >= 0.3 is 0 Å². The van der Waals surface area contributed by atoms with Crippen LogP contribution < -0.4 is 22.3 Å². The van der Waals surface area contributed by atoms with E-state index in [4.69, 9.17) is 11.7 Å². The number of hydrogen-bond acceptors (Lipinski definition) is 10. The van der Waals surface area contributed by atoms with Crippen LogP contribution in [-0.2, 0) is 19.2 Å². The largest absolute Gasteiger partial charge is 0.507 e. The molecule has 0 saturated carbocycles. The van der Waals surface area contributed by atoms with Crippen molar-refractivity contribution in [1.82, 2.24) is 10.0 Å². The Hall–Kier alpha value is -4.82. The Kier molecular flexibility index (Phi) is 10.0. The van der Waals surface area contributed by atoms with Gasteiger partial charge in [0, 0.05) is 38.1 Å². The SMILES string of the molecule is CC(=O)Nc1ccc(O)c(C(=O)N(N)C(=O)CCCCC(=O)N(N)C(=O)c2cc(NC(C)=O)ccc2O)c1. The fraction of sp³-hybridized carbons (Fsp3) is 0.250. The number of phenols is 2. The van der Waals surface area contributed by atoms with Crippen LogP contribution in [0.2, 0.25) is 0 Å². The third kappa shape index (κ3) is 7.84. The van der Waals surface area contributed by atoms with Gasteiger partial charge in [-0.25, -0.2) is 21.7 Å². The molecule has 0 aliphatic carbocycles. The molecule has 0 aliphatic rings. The molecule has 0 atom stereocenters. The molecule has 2 aromatic carbocycles. The van der Waals surface area contributed by atoms with Gasteiger partial charge in [0.1, 0.15) is 11.5 Å². The number of phenolic OH excluding ortho intramolecular Hbond substituents is 2. The van der Waals surface area contributed by atoms with Crippen LogP contribution in [0.5, 0.6) is 11.5 Å². The van der Waals surface area contributed by atoms with Gasteiger partial charge in [-0.1, -0.05) is 0 Å². The van der Waals surface area contributed by atoms with Crippen LogP contribution >= 0.6 is 0 Å². The number of hydrogen-bond donors (Lipinski definition) is 6. The van der Waals surface area contributed by atoms with Crippen molar-refractivity contribution in [3.63, 3.8) is 0 Å². The number of amides is 6. The molecule has 0 radical (unpaired) electrons. The van der Waals surface area contributed by atoms with Gasteiger partial charge in [-0.15, -0.1) is 0 Å². The number of carbonyl (C=O) groups is 6. The highest BCUT2D eigenvalue weighted by atomic mass is 16.3. The van der Waals surface area contributed by atoms with Crippen LogP contribution in [0, 0.1) is 0 Å². The molecule has 14 nitrogen and oxygen atoms in total. The fourth-order valence-electron chi connectivity index (χ4n) is 3.26. The third-order valence-electron chi connectivity index (χ3n) is 5.10. The minimum Gasteiger partial charge on any atom is -0.507 e. The monoisotopic (exact) mass is 528 g/mol. The van der Waals surface area contributed by atoms with E-state index in [0.29, 0.717) is 10.0 Å². The molecule has 0 aliphatic heterocycles. The first-order valence-corrected chi connectivity index (χ1v) is 11.3. The van der Waals surface area contributed by atoms with Gasteiger partial charge in [0.05, 0.1) is 11.1 Å². The minimum atomic E-state index is -1.00. The molecule has 2 aromatic rings. The zero-order valence-electron chi connectivity index (χ0n) is 20.7. The molecule has 2 rings (SSSR count). The summed E-state index contributed by atoms with van der Waals surface area (Å²) < 4.78 is 0. The first-order chi connectivity index (χ1) is 17.8. The molecular formula is C24H28N6O8. The number of anilines is 2. The van der Waals surface area contributed by atoms with Crippen LogP contribution in [0.4, 0.5) is 11.4 Å². The summed E-state index contributed by atoms with van der Waals surface area (Å²) >= 11 is 0. The van der Waals surface area contributed by atoms with Gasteiger partial charge in [-0.2, -0.15) is 0 Å². The molecule has 6 amide bonds. The second-order valence-corrected chi connectivity index (χ2v) is 8.17. The lowest BCUT2D eigenvalue weighted by Gasteiger charge is -2.17. The molecule has 0 spiro atoms. The van der Waals surface area contributed by atoms with Crippen LogP contribution in [0.3, 0.4) is 0 Å². The summed E-state index contributed by atoms with van der Waals surface area (Å²) in [5, 5.41) is 25.4. The molecule has 0 saturated heterocycles. The third-order valence-corrected chi connectivity index (χ3v) is 5.10.